The zero-order valence-corrected chi connectivity index (χ0v) is 13.5. The number of aliphatic carboxylic acids is 1. The predicted molar refractivity (Wildman–Crippen MR) is 83.8 cm³/mol. The highest BCUT2D eigenvalue weighted by Crippen LogP contribution is 2.23. The Labute approximate surface area is 126 Å². The van der Waals surface area contributed by atoms with Gasteiger partial charge in [0.25, 0.3) is 0 Å². The van der Waals surface area contributed by atoms with Crippen molar-refractivity contribution in [3.8, 4) is 0 Å². The Hall–Kier alpha value is -1.68. The van der Waals surface area contributed by atoms with Crippen molar-refractivity contribution in [1.82, 2.24) is 5.32 Å². The van der Waals surface area contributed by atoms with Gasteiger partial charge >= 0.3 is 5.97 Å². The summed E-state index contributed by atoms with van der Waals surface area (Å²) in [7, 11) is 0. The average molecular weight is 291 g/mol. The lowest BCUT2D eigenvalue weighted by Crippen LogP contribution is -2.36. The van der Waals surface area contributed by atoms with Crippen molar-refractivity contribution in [2.75, 3.05) is 0 Å². The molecule has 0 saturated heterocycles. The number of Topliss-reactive ketones (excluding diaryl/α,β-unsaturated/α-hetero) is 1. The molecule has 0 aliphatic rings. The Bertz CT molecular complexity index is 549. The molecule has 1 atom stereocenters. The lowest BCUT2D eigenvalue weighted by atomic mass is 9.91. The van der Waals surface area contributed by atoms with Crippen LogP contribution in [0.2, 0.25) is 0 Å². The van der Waals surface area contributed by atoms with E-state index < -0.39 is 12.0 Å². The Morgan fingerprint density at radius 3 is 2.33 bits per heavy atom. The molecule has 1 rings (SSSR count). The Kier molecular flexibility index (Phi) is 6.09. The molecule has 116 valence electrons. The van der Waals surface area contributed by atoms with E-state index in [4.69, 9.17) is 0 Å². The van der Waals surface area contributed by atoms with Crippen LogP contribution in [-0.2, 0) is 11.3 Å². The largest absolute Gasteiger partial charge is 0.480 e. The molecule has 1 aromatic rings. The average Bonchev–Trinajstić information content (AvgIpc) is 2.35. The minimum absolute atomic E-state index is 0.0505. The molecule has 1 unspecified atom stereocenters. The van der Waals surface area contributed by atoms with Gasteiger partial charge in [-0.3, -0.25) is 9.59 Å². The van der Waals surface area contributed by atoms with Crippen LogP contribution < -0.4 is 5.32 Å². The van der Waals surface area contributed by atoms with Crippen LogP contribution in [-0.4, -0.2) is 22.9 Å². The number of hydrogen-bond donors (Lipinski definition) is 2. The smallest absolute Gasteiger partial charge is 0.320 e. The Morgan fingerprint density at radius 2 is 1.86 bits per heavy atom. The lowest BCUT2D eigenvalue weighted by molar-refractivity contribution is -0.139. The van der Waals surface area contributed by atoms with Crippen LogP contribution >= 0.6 is 0 Å². The minimum atomic E-state index is -0.828. The van der Waals surface area contributed by atoms with E-state index in [0.717, 1.165) is 34.2 Å². The number of carboxylic acid groups (broad SMARTS) is 1. The first-order valence-electron chi connectivity index (χ1n) is 7.36. The minimum Gasteiger partial charge on any atom is -0.480 e. The maximum absolute atomic E-state index is 11.8. The summed E-state index contributed by atoms with van der Waals surface area (Å²) in [5, 5.41) is 12.3. The number of ketones is 1. The Morgan fingerprint density at radius 1 is 1.24 bits per heavy atom. The standard InChI is InChI=1S/C17H25NO3/c1-6-7-15(17(20)21)18-9-14-10(2)8-11(3)16(12(14)4)13(5)19/h8,15,18H,6-7,9H2,1-5H3,(H,20,21). The molecule has 0 bridgehead atoms. The highest BCUT2D eigenvalue weighted by Gasteiger charge is 2.18. The maximum atomic E-state index is 11.8. The van der Waals surface area contributed by atoms with E-state index in [1.807, 2.05) is 33.8 Å². The third-order valence-corrected chi connectivity index (χ3v) is 3.88. The van der Waals surface area contributed by atoms with Crippen LogP contribution in [0, 0.1) is 20.8 Å². The van der Waals surface area contributed by atoms with Crippen molar-refractivity contribution in [2.24, 2.45) is 0 Å². The van der Waals surface area contributed by atoms with E-state index in [0.29, 0.717) is 13.0 Å². The van der Waals surface area contributed by atoms with Crippen molar-refractivity contribution in [3.05, 3.63) is 33.9 Å². The van der Waals surface area contributed by atoms with E-state index in [-0.39, 0.29) is 5.78 Å². The summed E-state index contributed by atoms with van der Waals surface area (Å²) in [6, 6.07) is 1.45. The number of carbonyl (C=O) groups excluding carboxylic acids is 1. The van der Waals surface area contributed by atoms with Gasteiger partial charge in [-0.1, -0.05) is 19.4 Å². The topological polar surface area (TPSA) is 66.4 Å². The molecule has 0 heterocycles. The third kappa shape index (κ3) is 4.14. The van der Waals surface area contributed by atoms with Gasteiger partial charge in [-0.2, -0.15) is 0 Å². The zero-order chi connectivity index (χ0) is 16.2. The summed E-state index contributed by atoms with van der Waals surface area (Å²) in [5.74, 6) is -0.777. The number of hydrogen-bond acceptors (Lipinski definition) is 3. The number of benzene rings is 1. The van der Waals surface area contributed by atoms with Gasteiger partial charge in [0, 0.05) is 12.1 Å². The van der Waals surface area contributed by atoms with Gasteiger partial charge < -0.3 is 10.4 Å². The van der Waals surface area contributed by atoms with Crippen molar-refractivity contribution in [3.63, 3.8) is 0 Å². The van der Waals surface area contributed by atoms with E-state index in [2.05, 4.69) is 5.32 Å². The fourth-order valence-electron chi connectivity index (χ4n) is 2.87. The predicted octanol–water partition coefficient (Wildman–Crippen LogP) is 3.16. The second-order valence-electron chi connectivity index (χ2n) is 5.61. The Balaban J connectivity index is 3.06. The fourth-order valence-corrected chi connectivity index (χ4v) is 2.87. The monoisotopic (exact) mass is 291 g/mol. The first kappa shape index (κ1) is 17.4. The first-order chi connectivity index (χ1) is 9.79. The van der Waals surface area contributed by atoms with Gasteiger partial charge in [0.05, 0.1) is 0 Å². The molecule has 0 aliphatic heterocycles. The first-order valence-corrected chi connectivity index (χ1v) is 7.36. The summed E-state index contributed by atoms with van der Waals surface area (Å²) >= 11 is 0. The summed E-state index contributed by atoms with van der Waals surface area (Å²) in [5.41, 5.74) is 4.79. The summed E-state index contributed by atoms with van der Waals surface area (Å²) in [4.78, 5) is 23.0. The van der Waals surface area contributed by atoms with E-state index in [1.165, 1.54) is 0 Å². The van der Waals surface area contributed by atoms with Crippen molar-refractivity contribution < 1.29 is 14.7 Å². The van der Waals surface area contributed by atoms with Crippen molar-refractivity contribution in [2.45, 2.75) is 60.0 Å². The van der Waals surface area contributed by atoms with E-state index in [1.54, 1.807) is 6.92 Å². The number of nitrogens with one attached hydrogen (secondary N) is 1. The van der Waals surface area contributed by atoms with Crippen LogP contribution in [0.15, 0.2) is 6.07 Å². The van der Waals surface area contributed by atoms with Crippen LogP contribution in [0.3, 0.4) is 0 Å². The molecule has 0 aromatic heterocycles. The van der Waals surface area contributed by atoms with Crippen molar-refractivity contribution in [1.29, 1.82) is 0 Å². The third-order valence-electron chi connectivity index (χ3n) is 3.88. The molecule has 0 aliphatic carbocycles. The van der Waals surface area contributed by atoms with Crippen LogP contribution in [0.1, 0.15) is 59.3 Å². The SMILES string of the molecule is CCCC(NCc1c(C)cc(C)c(C(C)=O)c1C)C(=O)O. The van der Waals surface area contributed by atoms with Gasteiger partial charge in [0.2, 0.25) is 0 Å². The highest BCUT2D eigenvalue weighted by molar-refractivity contribution is 5.97. The summed E-state index contributed by atoms with van der Waals surface area (Å²) in [6.07, 6.45) is 1.41. The quantitative estimate of drug-likeness (QED) is 0.757. The molecule has 1 aromatic carbocycles. The summed E-state index contributed by atoms with van der Waals surface area (Å²) < 4.78 is 0. The second-order valence-corrected chi connectivity index (χ2v) is 5.61. The molecule has 2 N–H and O–H groups in total. The molecular weight excluding hydrogens is 266 g/mol. The molecule has 0 saturated carbocycles. The maximum Gasteiger partial charge on any atom is 0.320 e. The number of carbonyl (C=O) groups is 2. The molecule has 4 heteroatoms. The molecule has 21 heavy (non-hydrogen) atoms. The number of aryl methyl sites for hydroxylation is 2. The van der Waals surface area contributed by atoms with Crippen LogP contribution in [0.4, 0.5) is 0 Å². The molecule has 0 spiro atoms. The second kappa shape index (κ2) is 7.36. The molecule has 0 radical (unpaired) electrons. The molecule has 0 amide bonds. The highest BCUT2D eigenvalue weighted by atomic mass is 16.4. The molecule has 4 nitrogen and oxygen atoms in total. The van der Waals surface area contributed by atoms with Crippen molar-refractivity contribution >= 4 is 11.8 Å². The zero-order valence-electron chi connectivity index (χ0n) is 13.5. The van der Waals surface area contributed by atoms with Gasteiger partial charge in [0.1, 0.15) is 6.04 Å². The molecular formula is C17H25NO3. The van der Waals surface area contributed by atoms with Crippen LogP contribution in [0.25, 0.3) is 0 Å². The van der Waals surface area contributed by atoms with E-state index in [9.17, 15) is 14.7 Å². The lowest BCUT2D eigenvalue weighted by Gasteiger charge is -2.19. The van der Waals surface area contributed by atoms with Gasteiger partial charge in [-0.25, -0.2) is 0 Å². The number of rotatable bonds is 7. The van der Waals surface area contributed by atoms with E-state index >= 15 is 0 Å². The fraction of sp³-hybridized carbons (Fsp3) is 0.529. The van der Waals surface area contributed by atoms with Crippen LogP contribution in [0.5, 0.6) is 0 Å². The summed E-state index contributed by atoms with van der Waals surface area (Å²) in [6.45, 7) is 9.87. The van der Waals surface area contributed by atoms with Gasteiger partial charge in [-0.05, 0) is 56.4 Å². The van der Waals surface area contributed by atoms with Gasteiger partial charge in [0.15, 0.2) is 5.78 Å². The van der Waals surface area contributed by atoms with Gasteiger partial charge in [-0.15, -0.1) is 0 Å². The number of carboxylic acids is 1. The molecule has 0 fully saturated rings. The normalized spacial score (nSPS) is 12.2.